The summed E-state index contributed by atoms with van der Waals surface area (Å²) in [7, 11) is 3.52. The van der Waals surface area contributed by atoms with E-state index < -0.39 is 0 Å². The van der Waals surface area contributed by atoms with Crippen molar-refractivity contribution < 1.29 is 14.3 Å². The zero-order chi connectivity index (χ0) is 19.7. The van der Waals surface area contributed by atoms with Crippen LogP contribution in [0.5, 0.6) is 11.5 Å². The summed E-state index contributed by atoms with van der Waals surface area (Å²) in [4.78, 5) is 13.7. The molecule has 0 spiro atoms. The number of carbonyl (C=O) groups excluding carboxylic acids is 1. The Morgan fingerprint density at radius 1 is 1.14 bits per heavy atom. The summed E-state index contributed by atoms with van der Waals surface area (Å²) in [6, 6.07) is 11.7. The molecule has 2 aliphatic rings. The summed E-state index contributed by atoms with van der Waals surface area (Å²) in [6.45, 7) is 2.49. The lowest BCUT2D eigenvalue weighted by Crippen LogP contribution is -2.34. The molecule has 0 unspecified atom stereocenters. The van der Waals surface area contributed by atoms with Crippen molar-refractivity contribution in [1.29, 1.82) is 0 Å². The molecule has 1 amide bonds. The smallest absolute Gasteiger partial charge is 0.240 e. The summed E-state index contributed by atoms with van der Waals surface area (Å²) in [5, 5.41) is 11.7. The Morgan fingerprint density at radius 2 is 1.86 bits per heavy atom. The molecule has 0 atom stereocenters. The number of carbonyl (C=O) groups is 1. The standard InChI is InChI=1S/C21H22N4O3/c1-13-8-15-9-18-19(28-12-27-18)10-17(15)21(24-23-13)14-4-6-16(7-5-14)25(3)20(26)11-22-2/h4-7,9-10,22H,8,11-12H2,1-3H3. The van der Waals surface area contributed by atoms with Crippen molar-refractivity contribution in [3.05, 3.63) is 53.1 Å². The highest BCUT2D eigenvalue weighted by molar-refractivity contribution is 6.15. The van der Waals surface area contributed by atoms with Crippen molar-refractivity contribution in [2.45, 2.75) is 13.3 Å². The van der Waals surface area contributed by atoms with Crippen LogP contribution in [-0.4, -0.2) is 44.8 Å². The van der Waals surface area contributed by atoms with Gasteiger partial charge in [-0.15, -0.1) is 5.10 Å². The van der Waals surface area contributed by atoms with Gasteiger partial charge in [-0.2, -0.15) is 5.10 Å². The summed E-state index contributed by atoms with van der Waals surface area (Å²) in [5.41, 5.74) is 5.55. The normalized spacial score (nSPS) is 14.7. The maximum Gasteiger partial charge on any atom is 0.240 e. The molecule has 0 radical (unpaired) electrons. The van der Waals surface area contributed by atoms with E-state index in [9.17, 15) is 4.79 Å². The van der Waals surface area contributed by atoms with Crippen LogP contribution in [0.4, 0.5) is 5.69 Å². The van der Waals surface area contributed by atoms with Gasteiger partial charge >= 0.3 is 0 Å². The Balaban J connectivity index is 1.70. The second kappa shape index (κ2) is 7.44. The molecule has 7 nitrogen and oxygen atoms in total. The van der Waals surface area contributed by atoms with Crippen LogP contribution in [-0.2, 0) is 11.2 Å². The van der Waals surface area contributed by atoms with Gasteiger partial charge in [0.05, 0.1) is 6.54 Å². The molecule has 2 aliphatic heterocycles. The van der Waals surface area contributed by atoms with E-state index in [0.29, 0.717) is 13.0 Å². The number of rotatable bonds is 4. The van der Waals surface area contributed by atoms with E-state index in [-0.39, 0.29) is 12.7 Å². The number of ether oxygens (including phenoxy) is 2. The van der Waals surface area contributed by atoms with Crippen molar-refractivity contribution in [3.63, 3.8) is 0 Å². The minimum Gasteiger partial charge on any atom is -0.454 e. The highest BCUT2D eigenvalue weighted by Crippen LogP contribution is 2.36. The van der Waals surface area contributed by atoms with Crippen molar-refractivity contribution in [1.82, 2.24) is 5.32 Å². The zero-order valence-corrected chi connectivity index (χ0v) is 16.2. The van der Waals surface area contributed by atoms with Gasteiger partial charge in [-0.3, -0.25) is 4.79 Å². The number of hydrogen-bond acceptors (Lipinski definition) is 6. The van der Waals surface area contributed by atoms with Crippen molar-refractivity contribution in [3.8, 4) is 11.5 Å². The Morgan fingerprint density at radius 3 is 2.57 bits per heavy atom. The van der Waals surface area contributed by atoms with E-state index in [1.165, 1.54) is 0 Å². The summed E-state index contributed by atoms with van der Waals surface area (Å²) >= 11 is 0. The number of hydrogen-bond donors (Lipinski definition) is 1. The van der Waals surface area contributed by atoms with Crippen LogP contribution in [0.2, 0.25) is 0 Å². The second-order valence-corrected chi connectivity index (χ2v) is 6.85. The van der Waals surface area contributed by atoms with Gasteiger partial charge in [-0.1, -0.05) is 12.1 Å². The van der Waals surface area contributed by atoms with Crippen LogP contribution < -0.4 is 19.7 Å². The van der Waals surface area contributed by atoms with Crippen LogP contribution in [0.1, 0.15) is 23.6 Å². The first-order valence-corrected chi connectivity index (χ1v) is 9.12. The van der Waals surface area contributed by atoms with E-state index in [4.69, 9.17) is 9.47 Å². The number of fused-ring (bicyclic) bond motifs is 2. The number of nitrogens with one attached hydrogen (secondary N) is 1. The maximum absolute atomic E-state index is 12.1. The number of amides is 1. The Kier molecular flexibility index (Phi) is 4.83. The highest BCUT2D eigenvalue weighted by atomic mass is 16.7. The number of benzene rings is 2. The fourth-order valence-electron chi connectivity index (χ4n) is 3.32. The molecule has 4 rings (SSSR count). The number of nitrogens with zero attached hydrogens (tertiary/aromatic N) is 3. The van der Waals surface area contributed by atoms with Gasteiger partial charge in [0.1, 0.15) is 5.71 Å². The third-order valence-corrected chi connectivity index (χ3v) is 4.85. The molecule has 144 valence electrons. The molecular weight excluding hydrogens is 356 g/mol. The van der Waals surface area contributed by atoms with Crippen molar-refractivity contribution >= 4 is 23.0 Å². The van der Waals surface area contributed by atoms with E-state index in [1.54, 1.807) is 19.0 Å². The van der Waals surface area contributed by atoms with E-state index in [2.05, 4.69) is 15.5 Å². The topological polar surface area (TPSA) is 75.5 Å². The fourth-order valence-corrected chi connectivity index (χ4v) is 3.32. The Labute approximate surface area is 163 Å². The zero-order valence-electron chi connectivity index (χ0n) is 16.2. The monoisotopic (exact) mass is 378 g/mol. The van der Waals surface area contributed by atoms with Gasteiger partial charge < -0.3 is 19.7 Å². The summed E-state index contributed by atoms with van der Waals surface area (Å²) in [5.74, 6) is 1.48. The molecule has 7 heteroatoms. The highest BCUT2D eigenvalue weighted by Gasteiger charge is 2.23. The quantitative estimate of drug-likeness (QED) is 0.886. The molecule has 0 fully saturated rings. The first-order chi connectivity index (χ1) is 13.6. The lowest BCUT2D eigenvalue weighted by atomic mass is 9.94. The van der Waals surface area contributed by atoms with Crippen LogP contribution in [0, 0.1) is 0 Å². The largest absolute Gasteiger partial charge is 0.454 e. The number of anilines is 1. The first kappa shape index (κ1) is 18.2. The van der Waals surface area contributed by atoms with Crippen LogP contribution in [0.3, 0.4) is 0 Å². The molecule has 2 heterocycles. The van der Waals surface area contributed by atoms with Crippen molar-refractivity contribution in [2.24, 2.45) is 10.2 Å². The van der Waals surface area contributed by atoms with E-state index in [1.807, 2.05) is 43.3 Å². The Hall–Kier alpha value is -3.19. The average Bonchev–Trinajstić information content (AvgIpc) is 3.08. The van der Waals surface area contributed by atoms with Gasteiger partial charge in [0.2, 0.25) is 12.7 Å². The van der Waals surface area contributed by atoms with E-state index >= 15 is 0 Å². The SMILES string of the molecule is CNCC(=O)N(C)c1ccc(C2=NN=C(C)Cc3cc4c(cc32)OCO4)cc1. The summed E-state index contributed by atoms with van der Waals surface area (Å²) in [6.07, 6.45) is 0.707. The molecule has 28 heavy (non-hydrogen) atoms. The predicted octanol–water partition coefficient (Wildman–Crippen LogP) is 2.37. The molecule has 0 saturated carbocycles. The molecule has 1 N–H and O–H groups in total. The summed E-state index contributed by atoms with van der Waals surface area (Å²) < 4.78 is 11.1. The van der Waals surface area contributed by atoms with Gasteiger partial charge in [0.25, 0.3) is 0 Å². The third-order valence-electron chi connectivity index (χ3n) is 4.85. The molecule has 0 aromatic heterocycles. The minimum atomic E-state index is 0.000314. The van der Waals surface area contributed by atoms with Crippen LogP contribution >= 0.6 is 0 Å². The average molecular weight is 378 g/mol. The van der Waals surface area contributed by atoms with Crippen LogP contribution in [0.25, 0.3) is 0 Å². The molecule has 0 aliphatic carbocycles. The van der Waals surface area contributed by atoms with Crippen molar-refractivity contribution in [2.75, 3.05) is 32.3 Å². The Bertz CT molecular complexity index is 980. The van der Waals surface area contributed by atoms with Gasteiger partial charge in [-0.05, 0) is 43.8 Å². The fraction of sp³-hybridized carbons (Fsp3) is 0.286. The number of likely N-dealkylation sites (N-methyl/N-ethyl adjacent to an activating group) is 2. The lowest BCUT2D eigenvalue weighted by molar-refractivity contribution is -0.117. The minimum absolute atomic E-state index is 0.000314. The van der Waals surface area contributed by atoms with Crippen LogP contribution in [0.15, 0.2) is 46.6 Å². The maximum atomic E-state index is 12.1. The molecule has 0 saturated heterocycles. The second-order valence-electron chi connectivity index (χ2n) is 6.85. The van der Waals surface area contributed by atoms with Gasteiger partial charge in [0.15, 0.2) is 11.5 Å². The van der Waals surface area contributed by atoms with Gasteiger partial charge in [0, 0.05) is 36.0 Å². The molecule has 0 bridgehead atoms. The molecule has 2 aromatic rings. The molecule has 2 aromatic carbocycles. The lowest BCUT2D eigenvalue weighted by Gasteiger charge is -2.18. The first-order valence-electron chi connectivity index (χ1n) is 9.12. The van der Waals surface area contributed by atoms with Gasteiger partial charge in [-0.25, -0.2) is 0 Å². The van der Waals surface area contributed by atoms with E-state index in [0.717, 1.165) is 45.3 Å². The third kappa shape index (κ3) is 3.36. The molecular formula is C21H22N4O3. The predicted molar refractivity (Wildman–Crippen MR) is 109 cm³/mol.